The highest BCUT2D eigenvalue weighted by Crippen LogP contribution is 2.07. The Morgan fingerprint density at radius 3 is 2.64 bits per heavy atom. The van der Waals surface area contributed by atoms with Gasteiger partial charge in [0.25, 0.3) is 0 Å². The molecule has 0 saturated carbocycles. The first-order chi connectivity index (χ1) is 10.6. The van der Waals surface area contributed by atoms with Crippen molar-refractivity contribution in [1.29, 1.82) is 0 Å². The number of hydrogen-bond acceptors (Lipinski definition) is 5. The number of esters is 1. The minimum absolute atomic E-state index is 0.0765. The van der Waals surface area contributed by atoms with Gasteiger partial charge in [-0.1, -0.05) is 30.3 Å². The van der Waals surface area contributed by atoms with E-state index in [1.807, 2.05) is 30.3 Å². The third kappa shape index (κ3) is 5.46. The van der Waals surface area contributed by atoms with Crippen LogP contribution in [-0.2, 0) is 25.7 Å². The molecule has 1 fully saturated rings. The average molecular weight is 306 g/mol. The van der Waals surface area contributed by atoms with Gasteiger partial charge < -0.3 is 20.5 Å². The molecule has 6 heteroatoms. The van der Waals surface area contributed by atoms with Crippen LogP contribution in [-0.4, -0.2) is 37.2 Å². The summed E-state index contributed by atoms with van der Waals surface area (Å²) in [5, 5.41) is 2.85. The number of nitrogens with two attached hydrogens (primary N) is 1. The predicted octanol–water partition coefficient (Wildman–Crippen LogP) is 0.742. The van der Waals surface area contributed by atoms with Crippen molar-refractivity contribution >= 4 is 11.9 Å². The molecule has 1 aromatic rings. The molecule has 1 aliphatic rings. The quantitative estimate of drug-likeness (QED) is 0.757. The van der Waals surface area contributed by atoms with Crippen LogP contribution in [0.5, 0.6) is 0 Å². The second-order valence-corrected chi connectivity index (χ2v) is 5.35. The van der Waals surface area contributed by atoms with Gasteiger partial charge in [0.05, 0.1) is 12.5 Å². The first-order valence-electron chi connectivity index (χ1n) is 7.48. The first kappa shape index (κ1) is 16.5. The zero-order valence-corrected chi connectivity index (χ0v) is 12.5. The Balaban J connectivity index is 1.69. The van der Waals surface area contributed by atoms with Crippen LogP contribution in [0.4, 0.5) is 0 Å². The van der Waals surface area contributed by atoms with E-state index < -0.39 is 12.0 Å². The SMILES string of the molecule is N[C@H](CC(=O)OCc1ccccc1)C(=O)NC1CCOCC1. The Labute approximate surface area is 130 Å². The number of amides is 1. The number of benzene rings is 1. The predicted molar refractivity (Wildman–Crippen MR) is 80.8 cm³/mol. The largest absolute Gasteiger partial charge is 0.461 e. The maximum Gasteiger partial charge on any atom is 0.308 e. The van der Waals surface area contributed by atoms with Gasteiger partial charge in [0.1, 0.15) is 6.61 Å². The summed E-state index contributed by atoms with van der Waals surface area (Å²) in [6.45, 7) is 1.46. The van der Waals surface area contributed by atoms with Crippen LogP contribution >= 0.6 is 0 Å². The van der Waals surface area contributed by atoms with Gasteiger partial charge in [0.15, 0.2) is 0 Å². The van der Waals surface area contributed by atoms with Gasteiger partial charge in [-0.3, -0.25) is 9.59 Å². The lowest BCUT2D eigenvalue weighted by Crippen LogP contribution is -2.48. The fourth-order valence-corrected chi connectivity index (χ4v) is 2.22. The summed E-state index contributed by atoms with van der Waals surface area (Å²) in [7, 11) is 0. The van der Waals surface area contributed by atoms with E-state index in [1.165, 1.54) is 0 Å². The molecular weight excluding hydrogens is 284 g/mol. The molecule has 6 nitrogen and oxygen atoms in total. The summed E-state index contributed by atoms with van der Waals surface area (Å²) in [5.41, 5.74) is 6.66. The van der Waals surface area contributed by atoms with Crippen molar-refractivity contribution in [3.05, 3.63) is 35.9 Å². The molecule has 120 valence electrons. The second kappa shape index (κ2) is 8.51. The van der Waals surface area contributed by atoms with Gasteiger partial charge in [-0.2, -0.15) is 0 Å². The highest BCUT2D eigenvalue weighted by molar-refractivity contribution is 5.86. The van der Waals surface area contributed by atoms with E-state index in [4.69, 9.17) is 15.2 Å². The molecular formula is C16H22N2O4. The maximum absolute atomic E-state index is 11.9. The molecule has 0 bridgehead atoms. The maximum atomic E-state index is 11.9. The molecule has 3 N–H and O–H groups in total. The molecule has 1 aliphatic heterocycles. The zero-order valence-electron chi connectivity index (χ0n) is 12.5. The monoisotopic (exact) mass is 306 g/mol. The van der Waals surface area contributed by atoms with Crippen molar-refractivity contribution in [1.82, 2.24) is 5.32 Å². The van der Waals surface area contributed by atoms with Crippen LogP contribution in [0.3, 0.4) is 0 Å². The highest BCUT2D eigenvalue weighted by Gasteiger charge is 2.22. The van der Waals surface area contributed by atoms with Crippen LogP contribution in [0.15, 0.2) is 30.3 Å². The lowest BCUT2D eigenvalue weighted by Gasteiger charge is -2.24. The molecule has 1 saturated heterocycles. The van der Waals surface area contributed by atoms with Crippen LogP contribution in [0, 0.1) is 0 Å². The second-order valence-electron chi connectivity index (χ2n) is 5.35. The molecule has 1 heterocycles. The summed E-state index contributed by atoms with van der Waals surface area (Å²) in [6.07, 6.45) is 1.43. The van der Waals surface area contributed by atoms with E-state index in [0.717, 1.165) is 18.4 Å². The lowest BCUT2D eigenvalue weighted by atomic mass is 10.1. The number of carbonyl (C=O) groups is 2. The molecule has 0 aromatic heterocycles. The van der Waals surface area contributed by atoms with Crippen molar-refractivity contribution in [2.24, 2.45) is 5.73 Å². The molecule has 2 rings (SSSR count). The molecule has 0 radical (unpaired) electrons. The molecule has 1 atom stereocenters. The molecule has 0 spiro atoms. The number of nitrogens with one attached hydrogen (secondary N) is 1. The summed E-state index contributed by atoms with van der Waals surface area (Å²) >= 11 is 0. The van der Waals surface area contributed by atoms with Gasteiger partial charge in [0, 0.05) is 19.3 Å². The van der Waals surface area contributed by atoms with Crippen molar-refractivity contribution in [2.45, 2.75) is 38.0 Å². The normalized spacial score (nSPS) is 16.8. The zero-order chi connectivity index (χ0) is 15.8. The van der Waals surface area contributed by atoms with Gasteiger partial charge in [-0.25, -0.2) is 0 Å². The Bertz CT molecular complexity index is 486. The van der Waals surface area contributed by atoms with Crippen LogP contribution in [0.2, 0.25) is 0 Å². The van der Waals surface area contributed by atoms with E-state index in [2.05, 4.69) is 5.32 Å². The number of ether oxygens (including phenoxy) is 2. The van der Waals surface area contributed by atoms with E-state index in [-0.39, 0.29) is 25.0 Å². The van der Waals surface area contributed by atoms with Gasteiger partial charge >= 0.3 is 5.97 Å². The van der Waals surface area contributed by atoms with E-state index in [1.54, 1.807) is 0 Å². The van der Waals surface area contributed by atoms with E-state index in [9.17, 15) is 9.59 Å². The van der Waals surface area contributed by atoms with Crippen LogP contribution in [0.25, 0.3) is 0 Å². The van der Waals surface area contributed by atoms with Gasteiger partial charge in [0.2, 0.25) is 5.91 Å². The van der Waals surface area contributed by atoms with Crippen molar-refractivity contribution < 1.29 is 19.1 Å². The fourth-order valence-electron chi connectivity index (χ4n) is 2.22. The Morgan fingerprint density at radius 1 is 1.27 bits per heavy atom. The number of rotatable bonds is 6. The summed E-state index contributed by atoms with van der Waals surface area (Å²) in [5.74, 6) is -0.790. The lowest BCUT2D eigenvalue weighted by molar-refractivity contribution is -0.146. The summed E-state index contributed by atoms with van der Waals surface area (Å²) in [4.78, 5) is 23.7. The standard InChI is InChI=1S/C16H22N2O4/c17-14(16(20)18-13-6-8-21-9-7-13)10-15(19)22-11-12-4-2-1-3-5-12/h1-5,13-14H,6-11,17H2,(H,18,20)/t14-/m1/s1. The molecule has 1 aromatic carbocycles. The molecule has 22 heavy (non-hydrogen) atoms. The summed E-state index contributed by atoms with van der Waals surface area (Å²) < 4.78 is 10.3. The third-order valence-corrected chi connectivity index (χ3v) is 3.53. The Kier molecular flexibility index (Phi) is 6.36. The van der Waals surface area contributed by atoms with Crippen molar-refractivity contribution in [2.75, 3.05) is 13.2 Å². The van der Waals surface area contributed by atoms with Crippen molar-refractivity contribution in [3.8, 4) is 0 Å². The number of hydrogen-bond donors (Lipinski definition) is 2. The molecule has 0 aliphatic carbocycles. The average Bonchev–Trinajstić information content (AvgIpc) is 2.55. The molecule has 0 unspecified atom stereocenters. The summed E-state index contributed by atoms with van der Waals surface area (Å²) in [6, 6.07) is 8.56. The van der Waals surface area contributed by atoms with Crippen LogP contribution < -0.4 is 11.1 Å². The minimum Gasteiger partial charge on any atom is -0.461 e. The van der Waals surface area contributed by atoms with Crippen LogP contribution in [0.1, 0.15) is 24.8 Å². The smallest absolute Gasteiger partial charge is 0.308 e. The topological polar surface area (TPSA) is 90.7 Å². The number of carbonyl (C=O) groups excluding carboxylic acids is 2. The fraction of sp³-hybridized carbons (Fsp3) is 0.500. The Hall–Kier alpha value is -1.92. The Morgan fingerprint density at radius 2 is 1.95 bits per heavy atom. The third-order valence-electron chi connectivity index (χ3n) is 3.53. The van der Waals surface area contributed by atoms with E-state index in [0.29, 0.717) is 13.2 Å². The van der Waals surface area contributed by atoms with Gasteiger partial charge in [-0.05, 0) is 18.4 Å². The van der Waals surface area contributed by atoms with Gasteiger partial charge in [-0.15, -0.1) is 0 Å². The van der Waals surface area contributed by atoms with Crippen molar-refractivity contribution in [3.63, 3.8) is 0 Å². The minimum atomic E-state index is -0.883. The first-order valence-corrected chi connectivity index (χ1v) is 7.48. The highest BCUT2D eigenvalue weighted by atomic mass is 16.5. The molecule has 1 amide bonds. The van der Waals surface area contributed by atoms with E-state index >= 15 is 0 Å².